The van der Waals surface area contributed by atoms with E-state index in [1.807, 2.05) is 67.6 Å². The molecule has 1 N–H and O–H groups in total. The van der Waals surface area contributed by atoms with Crippen LogP contribution in [0.15, 0.2) is 66.9 Å². The summed E-state index contributed by atoms with van der Waals surface area (Å²) in [6.45, 7) is 2.21. The summed E-state index contributed by atoms with van der Waals surface area (Å²) >= 11 is 0. The third kappa shape index (κ3) is 3.98. The van der Waals surface area contributed by atoms with Crippen LogP contribution in [0.4, 0.5) is 5.82 Å². The number of anilines is 1. The van der Waals surface area contributed by atoms with Gasteiger partial charge in [0.05, 0.1) is 24.7 Å². The fraction of sp³-hybridized carbons (Fsp3) is 0.130. The fourth-order valence-electron chi connectivity index (χ4n) is 3.14. The molecule has 7 heteroatoms. The lowest BCUT2D eigenvalue weighted by atomic mass is 10.1. The van der Waals surface area contributed by atoms with E-state index in [0.29, 0.717) is 17.4 Å². The molecule has 1 amide bonds. The summed E-state index contributed by atoms with van der Waals surface area (Å²) in [5.41, 5.74) is 2.10. The van der Waals surface area contributed by atoms with Crippen LogP contribution in [-0.2, 0) is 4.79 Å². The Morgan fingerprint density at radius 1 is 1.17 bits per heavy atom. The van der Waals surface area contributed by atoms with Gasteiger partial charge in [0, 0.05) is 5.39 Å². The topological polar surface area (TPSA) is 92.8 Å². The molecule has 0 atom stereocenters. The fourth-order valence-corrected chi connectivity index (χ4v) is 3.14. The zero-order valence-electron chi connectivity index (χ0n) is 16.4. The molecule has 7 nitrogen and oxygen atoms in total. The van der Waals surface area contributed by atoms with Gasteiger partial charge in [-0.2, -0.15) is 15.0 Å². The first-order chi connectivity index (χ1) is 14.7. The van der Waals surface area contributed by atoms with E-state index in [1.54, 1.807) is 0 Å². The Labute approximate surface area is 173 Å². The molecule has 4 rings (SSSR count). The number of fused-ring (bicyclic) bond motifs is 1. The van der Waals surface area contributed by atoms with Gasteiger partial charge in [-0.25, -0.2) is 4.98 Å². The number of para-hydroxylation sites is 2. The Hall–Kier alpha value is -4.18. The Kier molecular flexibility index (Phi) is 5.39. The van der Waals surface area contributed by atoms with E-state index in [9.17, 15) is 10.1 Å². The quantitative estimate of drug-likeness (QED) is 0.531. The van der Waals surface area contributed by atoms with Crippen LogP contribution >= 0.6 is 0 Å². The van der Waals surface area contributed by atoms with Gasteiger partial charge >= 0.3 is 0 Å². The van der Waals surface area contributed by atoms with Crippen molar-refractivity contribution in [3.05, 3.63) is 78.0 Å². The number of carbonyl (C=O) groups is 1. The minimum atomic E-state index is -0.276. The first-order valence-corrected chi connectivity index (χ1v) is 9.48. The van der Waals surface area contributed by atoms with Crippen LogP contribution in [0.3, 0.4) is 0 Å². The molecule has 2 heterocycles. The molecule has 4 aromatic rings. The minimum absolute atomic E-state index is 0.134. The van der Waals surface area contributed by atoms with Crippen molar-refractivity contribution >= 4 is 22.6 Å². The Bertz CT molecular complexity index is 1240. The number of rotatable bonds is 6. The van der Waals surface area contributed by atoms with Gasteiger partial charge in [0.2, 0.25) is 5.91 Å². The molecule has 148 valence electrons. The highest BCUT2D eigenvalue weighted by molar-refractivity contribution is 5.91. The molecule has 0 saturated carbocycles. The molecule has 0 unspecified atom stereocenters. The number of nitriles is 1. The lowest BCUT2D eigenvalue weighted by Crippen LogP contribution is -2.18. The van der Waals surface area contributed by atoms with Crippen molar-refractivity contribution in [2.45, 2.75) is 13.3 Å². The van der Waals surface area contributed by atoms with E-state index < -0.39 is 0 Å². The van der Waals surface area contributed by atoms with Crippen molar-refractivity contribution in [1.29, 1.82) is 5.26 Å². The summed E-state index contributed by atoms with van der Waals surface area (Å²) in [7, 11) is 0. The van der Waals surface area contributed by atoms with Crippen molar-refractivity contribution in [2.75, 3.05) is 11.9 Å². The molecular weight excluding hydrogens is 378 g/mol. The second-order valence-electron chi connectivity index (χ2n) is 6.70. The molecule has 0 aliphatic rings. The van der Waals surface area contributed by atoms with Gasteiger partial charge in [0.1, 0.15) is 17.4 Å². The molecule has 0 spiro atoms. The van der Waals surface area contributed by atoms with Crippen LogP contribution in [0.1, 0.15) is 17.5 Å². The Morgan fingerprint density at radius 2 is 1.93 bits per heavy atom. The van der Waals surface area contributed by atoms with E-state index in [1.165, 1.54) is 10.9 Å². The van der Waals surface area contributed by atoms with Gasteiger partial charge in [-0.3, -0.25) is 4.79 Å². The third-order valence-electron chi connectivity index (χ3n) is 4.62. The normalized spacial score (nSPS) is 10.5. The molecule has 0 saturated heterocycles. The molecule has 2 aromatic heterocycles. The predicted octanol–water partition coefficient (Wildman–Crippen LogP) is 4.01. The number of nitrogens with zero attached hydrogens (tertiary/aromatic N) is 4. The van der Waals surface area contributed by atoms with Gasteiger partial charge < -0.3 is 10.1 Å². The van der Waals surface area contributed by atoms with Crippen LogP contribution in [0.5, 0.6) is 5.75 Å². The SMILES string of the molecule is Cc1cc(-n2ncc(C#N)c2NC(=O)CCOc2ccccc2)nc2ccccc12. The van der Waals surface area contributed by atoms with Crippen LogP contribution in [0.2, 0.25) is 0 Å². The average molecular weight is 397 g/mol. The molecule has 0 fully saturated rings. The van der Waals surface area contributed by atoms with Gasteiger partial charge in [-0.05, 0) is 36.8 Å². The van der Waals surface area contributed by atoms with Gasteiger partial charge in [0.15, 0.2) is 11.6 Å². The molecule has 0 radical (unpaired) electrons. The number of hydrogen-bond acceptors (Lipinski definition) is 5. The zero-order valence-corrected chi connectivity index (χ0v) is 16.4. The third-order valence-corrected chi connectivity index (χ3v) is 4.62. The summed E-state index contributed by atoms with van der Waals surface area (Å²) in [5, 5.41) is 17.5. The predicted molar refractivity (Wildman–Crippen MR) is 114 cm³/mol. The summed E-state index contributed by atoms with van der Waals surface area (Å²) < 4.78 is 7.05. The number of carbonyl (C=O) groups excluding carboxylic acids is 1. The molecule has 30 heavy (non-hydrogen) atoms. The summed E-state index contributed by atoms with van der Waals surface area (Å²) in [4.78, 5) is 17.1. The van der Waals surface area contributed by atoms with E-state index >= 15 is 0 Å². The zero-order chi connectivity index (χ0) is 20.9. The number of nitrogens with one attached hydrogen (secondary N) is 1. The first kappa shape index (κ1) is 19.2. The molecular formula is C23H19N5O2. The number of amides is 1. The summed E-state index contributed by atoms with van der Waals surface area (Å²) in [5.74, 6) is 1.25. The van der Waals surface area contributed by atoms with Gasteiger partial charge in [0.25, 0.3) is 0 Å². The molecule has 0 bridgehead atoms. The highest BCUT2D eigenvalue weighted by Crippen LogP contribution is 2.23. The number of benzene rings is 2. The Morgan fingerprint density at radius 3 is 2.73 bits per heavy atom. The molecule has 0 aliphatic carbocycles. The van der Waals surface area contributed by atoms with Crippen molar-refractivity contribution < 1.29 is 9.53 Å². The number of ether oxygens (including phenoxy) is 1. The van der Waals surface area contributed by atoms with Crippen LogP contribution in [0, 0.1) is 18.3 Å². The van der Waals surface area contributed by atoms with Crippen molar-refractivity contribution in [3.8, 4) is 17.6 Å². The second-order valence-corrected chi connectivity index (χ2v) is 6.70. The minimum Gasteiger partial charge on any atom is -0.493 e. The van der Waals surface area contributed by atoms with Crippen molar-refractivity contribution in [2.24, 2.45) is 0 Å². The van der Waals surface area contributed by atoms with Gasteiger partial charge in [-0.15, -0.1) is 0 Å². The standard InChI is InChI=1S/C23H19N5O2/c1-16-13-21(26-20-10-6-5-9-19(16)20)28-23(17(14-24)15-25-28)27-22(29)11-12-30-18-7-3-2-4-8-18/h2-10,13,15H,11-12H2,1H3,(H,27,29). The van der Waals surface area contributed by atoms with E-state index in [0.717, 1.165) is 16.5 Å². The Balaban J connectivity index is 1.55. The number of aryl methyl sites for hydroxylation is 1. The van der Waals surface area contributed by atoms with Crippen molar-refractivity contribution in [1.82, 2.24) is 14.8 Å². The molecule has 2 aromatic carbocycles. The number of pyridine rings is 1. The lowest BCUT2D eigenvalue weighted by molar-refractivity contribution is -0.116. The first-order valence-electron chi connectivity index (χ1n) is 9.48. The average Bonchev–Trinajstić information content (AvgIpc) is 3.17. The highest BCUT2D eigenvalue weighted by atomic mass is 16.5. The second kappa shape index (κ2) is 8.45. The van der Waals surface area contributed by atoms with Crippen LogP contribution in [-0.4, -0.2) is 27.3 Å². The maximum atomic E-state index is 12.5. The lowest BCUT2D eigenvalue weighted by Gasteiger charge is -2.11. The maximum Gasteiger partial charge on any atom is 0.228 e. The monoisotopic (exact) mass is 397 g/mol. The van der Waals surface area contributed by atoms with E-state index in [-0.39, 0.29) is 24.5 Å². The maximum absolute atomic E-state index is 12.5. The van der Waals surface area contributed by atoms with E-state index in [4.69, 9.17) is 4.74 Å². The number of aromatic nitrogens is 3. The number of hydrogen-bond donors (Lipinski definition) is 1. The smallest absolute Gasteiger partial charge is 0.228 e. The van der Waals surface area contributed by atoms with Crippen molar-refractivity contribution in [3.63, 3.8) is 0 Å². The van der Waals surface area contributed by atoms with Gasteiger partial charge in [-0.1, -0.05) is 36.4 Å². The van der Waals surface area contributed by atoms with E-state index in [2.05, 4.69) is 21.5 Å². The van der Waals surface area contributed by atoms with Crippen LogP contribution in [0.25, 0.3) is 16.7 Å². The summed E-state index contributed by atoms with van der Waals surface area (Å²) in [6.07, 6.45) is 1.55. The molecule has 0 aliphatic heterocycles. The van der Waals surface area contributed by atoms with Crippen LogP contribution < -0.4 is 10.1 Å². The summed E-state index contributed by atoms with van der Waals surface area (Å²) in [6, 6.07) is 21.0. The highest BCUT2D eigenvalue weighted by Gasteiger charge is 2.17. The largest absolute Gasteiger partial charge is 0.493 e.